The Morgan fingerprint density at radius 2 is 1.93 bits per heavy atom. The molecule has 0 fully saturated rings. The number of aromatic nitrogens is 2. The number of nitrogens with one attached hydrogen (secondary N) is 2. The summed E-state index contributed by atoms with van der Waals surface area (Å²) in [6, 6.07) is 9.24. The van der Waals surface area contributed by atoms with Gasteiger partial charge in [0.1, 0.15) is 10.4 Å². The van der Waals surface area contributed by atoms with Crippen molar-refractivity contribution in [3.63, 3.8) is 0 Å². The van der Waals surface area contributed by atoms with Gasteiger partial charge in [0.05, 0.1) is 16.3 Å². The van der Waals surface area contributed by atoms with E-state index in [1.807, 2.05) is 31.2 Å². The molecule has 7 nitrogen and oxygen atoms in total. The van der Waals surface area contributed by atoms with Crippen LogP contribution in [0.2, 0.25) is 5.02 Å². The third-order valence-electron chi connectivity index (χ3n) is 3.90. The van der Waals surface area contributed by atoms with E-state index >= 15 is 0 Å². The molecule has 154 valence electrons. The highest BCUT2D eigenvalue weighted by molar-refractivity contribution is 7.20. The second kappa shape index (κ2) is 8.42. The third-order valence-corrected chi connectivity index (χ3v) is 5.24. The molecule has 2 amide bonds. The highest BCUT2D eigenvalue weighted by Crippen LogP contribution is 2.30. The summed E-state index contributed by atoms with van der Waals surface area (Å²) in [6.07, 6.45) is -0.508. The van der Waals surface area contributed by atoms with Crippen LogP contribution in [0.25, 0.3) is 15.9 Å². The minimum atomic E-state index is -0.556. The van der Waals surface area contributed by atoms with Gasteiger partial charge in [-0.1, -0.05) is 17.7 Å². The summed E-state index contributed by atoms with van der Waals surface area (Å²) in [5.41, 5.74) is 1.12. The van der Waals surface area contributed by atoms with Gasteiger partial charge in [-0.2, -0.15) is 5.10 Å². The van der Waals surface area contributed by atoms with Crippen LogP contribution in [0.15, 0.2) is 30.3 Å². The molecule has 0 bridgehead atoms. The van der Waals surface area contributed by atoms with Crippen LogP contribution in [0, 0.1) is 6.92 Å². The normalized spacial score (nSPS) is 11.5. The van der Waals surface area contributed by atoms with Gasteiger partial charge < -0.3 is 15.4 Å². The van der Waals surface area contributed by atoms with Gasteiger partial charge in [-0.3, -0.25) is 4.79 Å². The van der Waals surface area contributed by atoms with E-state index in [1.165, 1.54) is 11.3 Å². The molecular weight excluding hydrogens is 412 g/mol. The summed E-state index contributed by atoms with van der Waals surface area (Å²) in [5, 5.41) is 11.5. The van der Waals surface area contributed by atoms with Gasteiger partial charge in [0.2, 0.25) is 0 Å². The highest BCUT2D eigenvalue weighted by atomic mass is 35.5. The zero-order valence-electron chi connectivity index (χ0n) is 16.7. The Hall–Kier alpha value is -2.58. The monoisotopic (exact) mass is 434 g/mol. The number of carbonyl (C=O) groups excluding carboxylic acids is 2. The lowest BCUT2D eigenvalue weighted by molar-refractivity contribution is 0.0526. The average molecular weight is 435 g/mol. The fourth-order valence-electron chi connectivity index (χ4n) is 2.68. The maximum atomic E-state index is 12.5. The van der Waals surface area contributed by atoms with Crippen molar-refractivity contribution >= 4 is 45.2 Å². The van der Waals surface area contributed by atoms with E-state index in [9.17, 15) is 9.59 Å². The third kappa shape index (κ3) is 5.27. The number of halogens is 1. The number of carbonyl (C=O) groups is 2. The number of amides is 2. The molecule has 0 aliphatic heterocycles. The van der Waals surface area contributed by atoms with Gasteiger partial charge >= 0.3 is 6.09 Å². The quantitative estimate of drug-likeness (QED) is 0.586. The van der Waals surface area contributed by atoms with Gasteiger partial charge in [-0.15, -0.1) is 11.3 Å². The zero-order valence-corrected chi connectivity index (χ0v) is 18.3. The lowest BCUT2D eigenvalue weighted by Gasteiger charge is -2.19. The summed E-state index contributed by atoms with van der Waals surface area (Å²) >= 11 is 7.46. The average Bonchev–Trinajstić information content (AvgIpc) is 3.18. The SMILES string of the molecule is Cc1nn(-c2cccc(Cl)c2)c2sc(C(=O)NCCNC(=O)OC(C)(C)C)cc12. The minimum Gasteiger partial charge on any atom is -0.444 e. The topological polar surface area (TPSA) is 85.3 Å². The number of hydrogen-bond donors (Lipinski definition) is 2. The van der Waals surface area contributed by atoms with Crippen molar-refractivity contribution in [3.05, 3.63) is 45.9 Å². The van der Waals surface area contributed by atoms with Crippen LogP contribution in [0.5, 0.6) is 0 Å². The lowest BCUT2D eigenvalue weighted by Crippen LogP contribution is -2.37. The molecule has 0 aliphatic carbocycles. The van der Waals surface area contributed by atoms with Gasteiger partial charge in [-0.25, -0.2) is 9.48 Å². The molecule has 3 aromatic rings. The van der Waals surface area contributed by atoms with Crippen molar-refractivity contribution in [1.82, 2.24) is 20.4 Å². The molecule has 3 rings (SSSR count). The van der Waals surface area contributed by atoms with Crippen molar-refractivity contribution in [1.29, 1.82) is 0 Å². The molecule has 2 heterocycles. The first-order chi connectivity index (χ1) is 13.6. The molecule has 1 aromatic carbocycles. The molecule has 0 atom stereocenters. The summed E-state index contributed by atoms with van der Waals surface area (Å²) in [5.74, 6) is -0.200. The number of ether oxygens (including phenoxy) is 1. The first kappa shape index (κ1) is 21.1. The molecule has 0 saturated heterocycles. The molecule has 0 spiro atoms. The van der Waals surface area contributed by atoms with Crippen molar-refractivity contribution in [2.45, 2.75) is 33.3 Å². The van der Waals surface area contributed by atoms with Crippen molar-refractivity contribution in [2.24, 2.45) is 0 Å². The Kier molecular flexibility index (Phi) is 6.14. The standard InChI is InChI=1S/C20H23ClN4O3S/c1-12-15-11-16(17(26)22-8-9-23-19(27)28-20(2,3)4)29-18(15)25(24-12)14-7-5-6-13(21)10-14/h5-7,10-11H,8-9H2,1-4H3,(H,22,26)(H,23,27). The zero-order chi connectivity index (χ0) is 21.2. The van der Waals surface area contributed by atoms with E-state index in [-0.39, 0.29) is 12.5 Å². The Labute approximate surface area is 178 Å². The van der Waals surface area contributed by atoms with Crippen molar-refractivity contribution in [3.8, 4) is 5.69 Å². The minimum absolute atomic E-state index is 0.200. The summed E-state index contributed by atoms with van der Waals surface area (Å²) < 4.78 is 6.95. The van der Waals surface area contributed by atoms with E-state index in [1.54, 1.807) is 31.5 Å². The molecule has 0 saturated carbocycles. The van der Waals surface area contributed by atoms with Crippen LogP contribution < -0.4 is 10.6 Å². The van der Waals surface area contributed by atoms with Gasteiger partial charge in [0, 0.05) is 23.5 Å². The maximum absolute atomic E-state index is 12.5. The van der Waals surface area contributed by atoms with Gasteiger partial charge in [-0.05, 0) is 52.0 Å². The Bertz CT molecular complexity index is 1050. The van der Waals surface area contributed by atoms with E-state index in [0.29, 0.717) is 16.4 Å². The van der Waals surface area contributed by atoms with Crippen LogP contribution in [-0.2, 0) is 4.74 Å². The van der Waals surface area contributed by atoms with Crippen molar-refractivity contribution < 1.29 is 14.3 Å². The molecule has 29 heavy (non-hydrogen) atoms. The lowest BCUT2D eigenvalue weighted by atomic mass is 10.2. The Morgan fingerprint density at radius 3 is 2.62 bits per heavy atom. The van der Waals surface area contributed by atoms with E-state index < -0.39 is 11.7 Å². The molecule has 2 aromatic heterocycles. The summed E-state index contributed by atoms with van der Waals surface area (Å²) in [4.78, 5) is 25.6. The molecule has 0 unspecified atom stereocenters. The number of fused-ring (bicyclic) bond motifs is 1. The van der Waals surface area contributed by atoms with Gasteiger partial charge in [0.25, 0.3) is 5.91 Å². The fourth-order valence-corrected chi connectivity index (χ4v) is 3.97. The Balaban J connectivity index is 1.65. The number of hydrogen-bond acceptors (Lipinski definition) is 5. The first-order valence-electron chi connectivity index (χ1n) is 9.14. The largest absolute Gasteiger partial charge is 0.444 e. The number of benzene rings is 1. The van der Waals surface area contributed by atoms with Crippen LogP contribution in [-0.4, -0.2) is 40.5 Å². The second-order valence-electron chi connectivity index (χ2n) is 7.49. The number of rotatable bonds is 5. The van der Waals surface area contributed by atoms with Crippen LogP contribution >= 0.6 is 22.9 Å². The molecule has 2 N–H and O–H groups in total. The number of nitrogens with zero attached hydrogens (tertiary/aromatic N) is 2. The van der Waals surface area contributed by atoms with Crippen molar-refractivity contribution in [2.75, 3.05) is 13.1 Å². The molecular formula is C20H23ClN4O3S. The van der Waals surface area contributed by atoms with E-state index in [0.717, 1.165) is 21.6 Å². The van der Waals surface area contributed by atoms with E-state index in [4.69, 9.17) is 16.3 Å². The maximum Gasteiger partial charge on any atom is 0.407 e. The predicted octanol–water partition coefficient (Wildman–Crippen LogP) is 4.30. The van der Waals surface area contributed by atoms with Gasteiger partial charge in [0.15, 0.2) is 0 Å². The molecule has 0 radical (unpaired) electrons. The van der Waals surface area contributed by atoms with Crippen LogP contribution in [0.3, 0.4) is 0 Å². The highest BCUT2D eigenvalue weighted by Gasteiger charge is 2.18. The molecule has 0 aliphatic rings. The van der Waals surface area contributed by atoms with E-state index in [2.05, 4.69) is 15.7 Å². The fraction of sp³-hybridized carbons (Fsp3) is 0.350. The smallest absolute Gasteiger partial charge is 0.407 e. The number of aryl methyl sites for hydroxylation is 1. The molecule has 9 heteroatoms. The number of alkyl carbamates (subject to hydrolysis) is 1. The van der Waals surface area contributed by atoms with Crippen LogP contribution in [0.1, 0.15) is 36.1 Å². The number of thiophene rings is 1. The second-order valence-corrected chi connectivity index (χ2v) is 8.96. The summed E-state index contributed by atoms with van der Waals surface area (Å²) in [6.45, 7) is 7.86. The van der Waals surface area contributed by atoms with Crippen LogP contribution in [0.4, 0.5) is 4.79 Å². The first-order valence-corrected chi connectivity index (χ1v) is 10.3. The summed E-state index contributed by atoms with van der Waals surface area (Å²) in [7, 11) is 0. The Morgan fingerprint density at radius 1 is 1.21 bits per heavy atom. The predicted molar refractivity (Wildman–Crippen MR) is 115 cm³/mol.